The van der Waals surface area contributed by atoms with Crippen LogP contribution in [0.4, 0.5) is 10.5 Å². The number of nitrogens with zero attached hydrogens (tertiary/aromatic N) is 1. The summed E-state index contributed by atoms with van der Waals surface area (Å²) in [6.45, 7) is 7.43. The summed E-state index contributed by atoms with van der Waals surface area (Å²) >= 11 is 0. The number of likely N-dealkylation sites (tertiary alicyclic amines) is 1. The van der Waals surface area contributed by atoms with Gasteiger partial charge >= 0.3 is 6.03 Å². The Morgan fingerprint density at radius 3 is 2.55 bits per heavy atom. The van der Waals surface area contributed by atoms with E-state index in [-0.39, 0.29) is 24.1 Å². The standard InChI is InChI=1S/C18H28N2O2/c1-18(2,3)14-7-9-15(10-8-14)19-17(22)20-12-5-4-6-16(20)11-13-21/h7-10,16,21H,4-6,11-13H2,1-3H3,(H,19,22). The van der Waals surface area contributed by atoms with Crippen molar-refractivity contribution < 1.29 is 9.90 Å². The predicted octanol–water partition coefficient (Wildman–Crippen LogP) is 3.75. The van der Waals surface area contributed by atoms with Crippen molar-refractivity contribution in [2.75, 3.05) is 18.5 Å². The van der Waals surface area contributed by atoms with E-state index in [2.05, 4.69) is 38.2 Å². The molecule has 1 unspecified atom stereocenters. The number of amides is 2. The van der Waals surface area contributed by atoms with E-state index in [1.165, 1.54) is 5.56 Å². The molecule has 0 spiro atoms. The Morgan fingerprint density at radius 2 is 1.95 bits per heavy atom. The molecule has 2 N–H and O–H groups in total. The number of carbonyl (C=O) groups is 1. The van der Waals surface area contributed by atoms with Gasteiger partial charge in [-0.25, -0.2) is 4.79 Å². The van der Waals surface area contributed by atoms with Crippen LogP contribution in [-0.2, 0) is 5.41 Å². The highest BCUT2D eigenvalue weighted by atomic mass is 16.3. The third-order valence-corrected chi connectivity index (χ3v) is 4.35. The summed E-state index contributed by atoms with van der Waals surface area (Å²) in [4.78, 5) is 14.3. The van der Waals surface area contributed by atoms with Gasteiger partial charge in [-0.15, -0.1) is 0 Å². The number of carbonyl (C=O) groups excluding carboxylic acids is 1. The second-order valence-corrected chi connectivity index (χ2v) is 7.11. The Balaban J connectivity index is 2.01. The number of urea groups is 1. The van der Waals surface area contributed by atoms with Crippen LogP contribution in [0.2, 0.25) is 0 Å². The van der Waals surface area contributed by atoms with Gasteiger partial charge in [-0.05, 0) is 48.8 Å². The number of rotatable bonds is 3. The average Bonchev–Trinajstić information content (AvgIpc) is 2.47. The highest BCUT2D eigenvalue weighted by molar-refractivity contribution is 5.89. The Hall–Kier alpha value is -1.55. The summed E-state index contributed by atoms with van der Waals surface area (Å²) in [6, 6.07) is 8.16. The third-order valence-electron chi connectivity index (χ3n) is 4.35. The van der Waals surface area contributed by atoms with Crippen LogP contribution in [-0.4, -0.2) is 35.2 Å². The lowest BCUT2D eigenvalue weighted by molar-refractivity contribution is 0.141. The molecule has 4 heteroatoms. The molecular formula is C18H28N2O2. The van der Waals surface area contributed by atoms with E-state index in [0.717, 1.165) is 31.5 Å². The molecule has 1 aliphatic heterocycles. The van der Waals surface area contributed by atoms with E-state index in [4.69, 9.17) is 5.11 Å². The summed E-state index contributed by atoms with van der Waals surface area (Å²) < 4.78 is 0. The molecule has 0 aromatic heterocycles. The zero-order valence-electron chi connectivity index (χ0n) is 13.9. The molecular weight excluding hydrogens is 276 g/mol. The maximum absolute atomic E-state index is 12.5. The minimum atomic E-state index is -0.0540. The van der Waals surface area contributed by atoms with Gasteiger partial charge in [0.15, 0.2) is 0 Å². The monoisotopic (exact) mass is 304 g/mol. The summed E-state index contributed by atoms with van der Waals surface area (Å²) in [5.41, 5.74) is 2.19. The van der Waals surface area contributed by atoms with Gasteiger partial charge in [0.2, 0.25) is 0 Å². The minimum absolute atomic E-state index is 0.0540. The summed E-state index contributed by atoms with van der Waals surface area (Å²) in [5.74, 6) is 0. The quantitative estimate of drug-likeness (QED) is 0.893. The van der Waals surface area contributed by atoms with Crippen molar-refractivity contribution >= 4 is 11.7 Å². The molecule has 4 nitrogen and oxygen atoms in total. The molecule has 1 fully saturated rings. The molecule has 1 atom stereocenters. The van der Waals surface area contributed by atoms with E-state index < -0.39 is 0 Å². The lowest BCUT2D eigenvalue weighted by atomic mass is 9.87. The van der Waals surface area contributed by atoms with Crippen molar-refractivity contribution in [1.29, 1.82) is 0 Å². The molecule has 0 bridgehead atoms. The minimum Gasteiger partial charge on any atom is -0.396 e. The van der Waals surface area contributed by atoms with E-state index in [0.29, 0.717) is 6.42 Å². The van der Waals surface area contributed by atoms with Crippen molar-refractivity contribution in [1.82, 2.24) is 4.90 Å². The maximum atomic E-state index is 12.5. The van der Waals surface area contributed by atoms with Gasteiger partial charge in [0, 0.05) is 24.9 Å². The molecule has 0 aliphatic carbocycles. The summed E-state index contributed by atoms with van der Waals surface area (Å²) in [5, 5.41) is 12.1. The number of piperidine rings is 1. The predicted molar refractivity (Wildman–Crippen MR) is 90.2 cm³/mol. The van der Waals surface area contributed by atoms with Crippen LogP contribution in [0.3, 0.4) is 0 Å². The molecule has 1 aromatic rings. The van der Waals surface area contributed by atoms with E-state index in [1.54, 1.807) is 0 Å². The Morgan fingerprint density at radius 1 is 1.27 bits per heavy atom. The first-order valence-corrected chi connectivity index (χ1v) is 8.21. The average molecular weight is 304 g/mol. The Labute approximate surface area is 133 Å². The first-order valence-electron chi connectivity index (χ1n) is 8.21. The van der Waals surface area contributed by atoms with Crippen LogP contribution in [0.1, 0.15) is 52.0 Å². The summed E-state index contributed by atoms with van der Waals surface area (Å²) in [6.07, 6.45) is 3.82. The second kappa shape index (κ2) is 7.14. The first kappa shape index (κ1) is 16.8. The van der Waals surface area contributed by atoms with Crippen LogP contribution in [0.25, 0.3) is 0 Å². The van der Waals surface area contributed by atoms with Gasteiger partial charge in [0.05, 0.1) is 0 Å². The number of hydrogen-bond acceptors (Lipinski definition) is 2. The number of hydrogen-bond donors (Lipinski definition) is 2. The first-order chi connectivity index (χ1) is 10.4. The lowest BCUT2D eigenvalue weighted by Crippen LogP contribution is -2.46. The summed E-state index contributed by atoms with van der Waals surface area (Å²) in [7, 11) is 0. The Kier molecular flexibility index (Phi) is 5.46. The van der Waals surface area contributed by atoms with Crippen LogP contribution in [0.15, 0.2) is 24.3 Å². The lowest BCUT2D eigenvalue weighted by Gasteiger charge is -2.35. The van der Waals surface area contributed by atoms with Gasteiger partial charge in [-0.2, -0.15) is 0 Å². The van der Waals surface area contributed by atoms with E-state index >= 15 is 0 Å². The highest BCUT2D eigenvalue weighted by Gasteiger charge is 2.26. The van der Waals surface area contributed by atoms with Gasteiger partial charge in [-0.1, -0.05) is 32.9 Å². The molecule has 1 aliphatic rings. The normalized spacial score (nSPS) is 19.1. The molecule has 1 aromatic carbocycles. The fourth-order valence-corrected chi connectivity index (χ4v) is 2.97. The zero-order chi connectivity index (χ0) is 16.2. The van der Waals surface area contributed by atoms with Crippen molar-refractivity contribution in [2.24, 2.45) is 0 Å². The van der Waals surface area contributed by atoms with Gasteiger partial charge < -0.3 is 15.3 Å². The van der Waals surface area contributed by atoms with Gasteiger partial charge in [-0.3, -0.25) is 0 Å². The molecule has 2 rings (SSSR count). The maximum Gasteiger partial charge on any atom is 0.322 e. The fraction of sp³-hybridized carbons (Fsp3) is 0.611. The zero-order valence-corrected chi connectivity index (χ0v) is 13.9. The largest absolute Gasteiger partial charge is 0.396 e. The van der Waals surface area contributed by atoms with Crippen molar-refractivity contribution in [3.63, 3.8) is 0 Å². The topological polar surface area (TPSA) is 52.6 Å². The second-order valence-electron chi connectivity index (χ2n) is 7.11. The van der Waals surface area contributed by atoms with Crippen LogP contribution in [0, 0.1) is 0 Å². The molecule has 0 saturated carbocycles. The number of anilines is 1. The van der Waals surface area contributed by atoms with Crippen molar-refractivity contribution in [3.05, 3.63) is 29.8 Å². The fourth-order valence-electron chi connectivity index (χ4n) is 2.97. The molecule has 2 amide bonds. The van der Waals surface area contributed by atoms with Crippen LogP contribution >= 0.6 is 0 Å². The molecule has 1 heterocycles. The number of nitrogens with one attached hydrogen (secondary N) is 1. The van der Waals surface area contributed by atoms with Crippen molar-refractivity contribution in [3.8, 4) is 0 Å². The number of aliphatic hydroxyl groups is 1. The SMILES string of the molecule is CC(C)(C)c1ccc(NC(=O)N2CCCCC2CCO)cc1. The van der Waals surface area contributed by atoms with Crippen LogP contribution < -0.4 is 5.32 Å². The van der Waals surface area contributed by atoms with E-state index in [1.807, 2.05) is 17.0 Å². The molecule has 122 valence electrons. The molecule has 1 saturated heterocycles. The number of benzene rings is 1. The smallest absolute Gasteiger partial charge is 0.322 e. The van der Waals surface area contributed by atoms with E-state index in [9.17, 15) is 4.79 Å². The van der Waals surface area contributed by atoms with Gasteiger partial charge in [0.1, 0.15) is 0 Å². The highest BCUT2D eigenvalue weighted by Crippen LogP contribution is 2.24. The number of aliphatic hydroxyl groups excluding tert-OH is 1. The Bertz CT molecular complexity index is 489. The molecule has 22 heavy (non-hydrogen) atoms. The molecule has 0 radical (unpaired) electrons. The van der Waals surface area contributed by atoms with Gasteiger partial charge in [0.25, 0.3) is 0 Å². The van der Waals surface area contributed by atoms with Crippen LogP contribution in [0.5, 0.6) is 0 Å². The third kappa shape index (κ3) is 4.23. The van der Waals surface area contributed by atoms with Crippen molar-refractivity contribution in [2.45, 2.75) is 57.9 Å².